The summed E-state index contributed by atoms with van der Waals surface area (Å²) in [4.78, 5) is 7.06. The Labute approximate surface area is 158 Å². The molecule has 0 aromatic heterocycles. The van der Waals surface area contributed by atoms with Crippen LogP contribution in [0.5, 0.6) is 11.5 Å². The van der Waals surface area contributed by atoms with Crippen LogP contribution in [0.2, 0.25) is 0 Å². The van der Waals surface area contributed by atoms with E-state index in [4.69, 9.17) is 4.74 Å². The van der Waals surface area contributed by atoms with Gasteiger partial charge >= 0.3 is 0 Å². The molecule has 0 atom stereocenters. The van der Waals surface area contributed by atoms with Gasteiger partial charge in [-0.15, -0.1) is 0 Å². The summed E-state index contributed by atoms with van der Waals surface area (Å²) in [6.45, 7) is 14.1. The topological polar surface area (TPSA) is 69.1 Å². The smallest absolute Gasteiger partial charge is 0.191 e. The monoisotopic (exact) mass is 364 g/mol. The Kier molecular flexibility index (Phi) is 9.88. The second-order valence-corrected chi connectivity index (χ2v) is 6.90. The zero-order valence-corrected chi connectivity index (χ0v) is 17.2. The number of hydrogen-bond acceptors (Lipinski definition) is 4. The first-order chi connectivity index (χ1) is 12.4. The molecule has 0 unspecified atom stereocenters. The van der Waals surface area contributed by atoms with E-state index in [1.165, 1.54) is 0 Å². The number of hydrogen-bond donors (Lipinski definition) is 3. The summed E-state index contributed by atoms with van der Waals surface area (Å²) < 4.78 is 5.21. The summed E-state index contributed by atoms with van der Waals surface area (Å²) in [7, 11) is 1.61. The van der Waals surface area contributed by atoms with E-state index in [9.17, 15) is 5.11 Å². The number of benzene rings is 1. The van der Waals surface area contributed by atoms with Crippen LogP contribution < -0.4 is 15.4 Å². The molecule has 1 aromatic rings. The second-order valence-electron chi connectivity index (χ2n) is 6.90. The van der Waals surface area contributed by atoms with E-state index in [0.717, 1.165) is 37.6 Å². The zero-order chi connectivity index (χ0) is 19.5. The van der Waals surface area contributed by atoms with Crippen LogP contribution in [0.1, 0.15) is 46.6 Å². The Bertz CT molecular complexity index is 551. The summed E-state index contributed by atoms with van der Waals surface area (Å²) in [5, 5.41) is 16.6. The second kappa shape index (κ2) is 11.6. The molecule has 26 heavy (non-hydrogen) atoms. The molecule has 6 heteroatoms. The van der Waals surface area contributed by atoms with E-state index in [1.54, 1.807) is 19.2 Å². The van der Waals surface area contributed by atoms with Crippen LogP contribution in [0, 0.1) is 0 Å². The molecule has 0 aliphatic carbocycles. The summed E-state index contributed by atoms with van der Waals surface area (Å²) >= 11 is 0. The van der Waals surface area contributed by atoms with Gasteiger partial charge in [-0.1, -0.05) is 0 Å². The number of aliphatic imine (C=N–C) groups is 1. The highest BCUT2D eigenvalue weighted by molar-refractivity contribution is 5.79. The van der Waals surface area contributed by atoms with Crippen LogP contribution in [-0.4, -0.2) is 54.8 Å². The van der Waals surface area contributed by atoms with Crippen LogP contribution in [0.3, 0.4) is 0 Å². The number of nitrogens with zero attached hydrogens (tertiary/aromatic N) is 2. The van der Waals surface area contributed by atoms with Crippen LogP contribution >= 0.6 is 0 Å². The lowest BCUT2D eigenvalue weighted by Crippen LogP contribution is -2.41. The maximum Gasteiger partial charge on any atom is 0.191 e. The third-order valence-corrected chi connectivity index (χ3v) is 4.25. The zero-order valence-electron chi connectivity index (χ0n) is 17.2. The first kappa shape index (κ1) is 22.1. The standard InChI is InChI=1S/C20H36N4O2/c1-7-21-20(22-11-8-12-24(15(2)3)16(4)5)23-14-17-13-18(26-6)9-10-19(17)25/h9-10,13,15-16,25H,7-8,11-12,14H2,1-6H3,(H2,21,22,23). The lowest BCUT2D eigenvalue weighted by molar-refractivity contribution is 0.173. The number of ether oxygens (including phenoxy) is 1. The van der Waals surface area contributed by atoms with Crippen molar-refractivity contribution >= 4 is 5.96 Å². The molecule has 0 heterocycles. The van der Waals surface area contributed by atoms with Crippen LogP contribution in [-0.2, 0) is 6.54 Å². The number of phenols is 1. The molecule has 0 amide bonds. The minimum Gasteiger partial charge on any atom is -0.508 e. The van der Waals surface area contributed by atoms with Crippen molar-refractivity contribution in [3.63, 3.8) is 0 Å². The van der Waals surface area contributed by atoms with Gasteiger partial charge in [-0.05, 0) is 59.2 Å². The van der Waals surface area contributed by atoms with Gasteiger partial charge < -0.3 is 20.5 Å². The van der Waals surface area contributed by atoms with Crippen LogP contribution in [0.15, 0.2) is 23.2 Å². The summed E-state index contributed by atoms with van der Waals surface area (Å²) in [5.74, 6) is 1.71. The lowest BCUT2D eigenvalue weighted by Gasteiger charge is -2.30. The molecule has 1 rings (SSSR count). The SMILES string of the molecule is CCNC(=NCc1cc(OC)ccc1O)NCCCN(C(C)C)C(C)C. The maximum absolute atomic E-state index is 9.98. The van der Waals surface area contributed by atoms with Crippen LogP contribution in [0.4, 0.5) is 0 Å². The van der Waals surface area contributed by atoms with Crippen molar-refractivity contribution in [1.29, 1.82) is 0 Å². The van der Waals surface area contributed by atoms with Crippen molar-refractivity contribution in [3.8, 4) is 11.5 Å². The van der Waals surface area contributed by atoms with Gasteiger partial charge in [0.15, 0.2) is 5.96 Å². The van der Waals surface area contributed by atoms with Crippen molar-refractivity contribution in [2.45, 2.75) is 59.7 Å². The van der Waals surface area contributed by atoms with Crippen LogP contribution in [0.25, 0.3) is 0 Å². The third-order valence-electron chi connectivity index (χ3n) is 4.25. The fourth-order valence-corrected chi connectivity index (χ4v) is 2.90. The van der Waals surface area contributed by atoms with Gasteiger partial charge in [0.2, 0.25) is 0 Å². The Balaban J connectivity index is 2.59. The molecule has 6 nitrogen and oxygen atoms in total. The van der Waals surface area contributed by atoms with Crippen molar-refractivity contribution in [2.75, 3.05) is 26.7 Å². The Morgan fingerprint density at radius 1 is 1.19 bits per heavy atom. The third kappa shape index (κ3) is 7.52. The van der Waals surface area contributed by atoms with Gasteiger partial charge in [0.25, 0.3) is 0 Å². The minimum absolute atomic E-state index is 0.231. The summed E-state index contributed by atoms with van der Waals surface area (Å²) in [6, 6.07) is 6.28. The van der Waals surface area contributed by atoms with Gasteiger partial charge in [-0.25, -0.2) is 4.99 Å². The highest BCUT2D eigenvalue weighted by Crippen LogP contribution is 2.23. The van der Waals surface area contributed by atoms with E-state index >= 15 is 0 Å². The largest absolute Gasteiger partial charge is 0.508 e. The molecule has 0 aliphatic heterocycles. The van der Waals surface area contributed by atoms with Crippen molar-refractivity contribution in [3.05, 3.63) is 23.8 Å². The van der Waals surface area contributed by atoms with E-state index in [0.29, 0.717) is 24.4 Å². The van der Waals surface area contributed by atoms with Gasteiger partial charge in [-0.3, -0.25) is 4.90 Å². The molecule has 148 valence electrons. The van der Waals surface area contributed by atoms with E-state index < -0.39 is 0 Å². The number of nitrogens with one attached hydrogen (secondary N) is 2. The molecule has 0 fully saturated rings. The molecule has 0 bridgehead atoms. The molecule has 0 saturated heterocycles. The van der Waals surface area contributed by atoms with E-state index in [2.05, 4.69) is 48.2 Å². The minimum atomic E-state index is 0.231. The lowest BCUT2D eigenvalue weighted by atomic mass is 10.2. The summed E-state index contributed by atoms with van der Waals surface area (Å²) in [5.41, 5.74) is 0.743. The molecule has 1 aromatic carbocycles. The number of methoxy groups -OCH3 is 1. The number of guanidine groups is 1. The molecule has 3 N–H and O–H groups in total. The van der Waals surface area contributed by atoms with Crippen molar-refractivity contribution in [1.82, 2.24) is 15.5 Å². The quantitative estimate of drug-likeness (QED) is 0.338. The van der Waals surface area contributed by atoms with Gasteiger partial charge in [0.1, 0.15) is 11.5 Å². The highest BCUT2D eigenvalue weighted by Gasteiger charge is 2.12. The number of rotatable bonds is 10. The Morgan fingerprint density at radius 3 is 2.46 bits per heavy atom. The normalized spacial score (nSPS) is 12.1. The molecule has 0 spiro atoms. The predicted molar refractivity (Wildman–Crippen MR) is 109 cm³/mol. The van der Waals surface area contributed by atoms with Gasteiger partial charge in [0.05, 0.1) is 13.7 Å². The van der Waals surface area contributed by atoms with Crippen molar-refractivity contribution < 1.29 is 9.84 Å². The molecule has 0 saturated carbocycles. The molecule has 0 radical (unpaired) electrons. The Morgan fingerprint density at radius 2 is 1.88 bits per heavy atom. The van der Waals surface area contributed by atoms with Gasteiger partial charge in [-0.2, -0.15) is 0 Å². The molecular weight excluding hydrogens is 328 g/mol. The average molecular weight is 365 g/mol. The molecule has 0 aliphatic rings. The first-order valence-electron chi connectivity index (χ1n) is 9.52. The predicted octanol–water partition coefficient (Wildman–Crippen LogP) is 2.96. The average Bonchev–Trinajstić information content (AvgIpc) is 2.59. The van der Waals surface area contributed by atoms with E-state index in [1.807, 2.05) is 13.0 Å². The fraction of sp³-hybridized carbons (Fsp3) is 0.650. The number of phenolic OH excluding ortho intramolecular Hbond substituents is 1. The molecular formula is C20H36N4O2. The van der Waals surface area contributed by atoms with Gasteiger partial charge in [0, 0.05) is 37.3 Å². The number of aromatic hydroxyl groups is 1. The highest BCUT2D eigenvalue weighted by atomic mass is 16.5. The summed E-state index contributed by atoms with van der Waals surface area (Å²) in [6.07, 6.45) is 1.05. The first-order valence-corrected chi connectivity index (χ1v) is 9.52. The Hall–Kier alpha value is -1.95. The maximum atomic E-state index is 9.98. The fourth-order valence-electron chi connectivity index (χ4n) is 2.90. The van der Waals surface area contributed by atoms with Crippen molar-refractivity contribution in [2.24, 2.45) is 4.99 Å². The van der Waals surface area contributed by atoms with E-state index in [-0.39, 0.29) is 5.75 Å².